The van der Waals surface area contributed by atoms with E-state index in [1.807, 2.05) is 19.1 Å². The molecule has 0 bridgehead atoms. The number of nitrogens with zero attached hydrogens (tertiary/aromatic N) is 2. The van der Waals surface area contributed by atoms with Crippen molar-refractivity contribution in [3.05, 3.63) is 42.2 Å². The minimum absolute atomic E-state index is 0.703. The van der Waals surface area contributed by atoms with Gasteiger partial charge >= 0.3 is 0 Å². The average molecular weight is 201 g/mol. The summed E-state index contributed by atoms with van der Waals surface area (Å²) in [5, 5.41) is 7.64. The van der Waals surface area contributed by atoms with Crippen molar-refractivity contribution in [3.8, 4) is 11.5 Å². The van der Waals surface area contributed by atoms with Crippen LogP contribution in [-0.4, -0.2) is 10.2 Å². The lowest BCUT2D eigenvalue weighted by molar-refractivity contribution is 0.473. The van der Waals surface area contributed by atoms with Crippen LogP contribution in [0.4, 0.5) is 5.69 Å². The summed E-state index contributed by atoms with van der Waals surface area (Å²) >= 11 is 0. The standard InChI is InChI=1S/C11H11N3O/c1-8-11(6-7-13-14-8)15-10-4-2-9(12)3-5-10/h2-7H,12H2,1H3. The van der Waals surface area contributed by atoms with Crippen LogP contribution < -0.4 is 10.5 Å². The smallest absolute Gasteiger partial charge is 0.152 e. The van der Waals surface area contributed by atoms with E-state index in [2.05, 4.69) is 10.2 Å². The number of aryl methyl sites for hydroxylation is 1. The third-order valence-electron chi connectivity index (χ3n) is 1.96. The molecular weight excluding hydrogens is 190 g/mol. The molecule has 0 radical (unpaired) electrons. The normalized spacial score (nSPS) is 9.93. The highest BCUT2D eigenvalue weighted by atomic mass is 16.5. The molecule has 4 nitrogen and oxygen atoms in total. The molecule has 0 atom stereocenters. The lowest BCUT2D eigenvalue weighted by Crippen LogP contribution is -1.92. The van der Waals surface area contributed by atoms with Gasteiger partial charge in [-0.15, -0.1) is 0 Å². The van der Waals surface area contributed by atoms with Crippen molar-refractivity contribution in [1.29, 1.82) is 0 Å². The molecule has 2 aromatic rings. The first-order chi connectivity index (χ1) is 7.25. The molecule has 0 saturated heterocycles. The van der Waals surface area contributed by atoms with Gasteiger partial charge in [-0.3, -0.25) is 0 Å². The Kier molecular flexibility index (Phi) is 2.49. The summed E-state index contributed by atoms with van der Waals surface area (Å²) in [5.74, 6) is 1.44. The van der Waals surface area contributed by atoms with Gasteiger partial charge in [0, 0.05) is 11.8 Å². The summed E-state index contributed by atoms with van der Waals surface area (Å²) in [5.41, 5.74) is 7.05. The average Bonchev–Trinajstić information content (AvgIpc) is 2.25. The lowest BCUT2D eigenvalue weighted by atomic mass is 10.3. The van der Waals surface area contributed by atoms with Crippen LogP contribution in [0.2, 0.25) is 0 Å². The van der Waals surface area contributed by atoms with Crippen LogP contribution in [0.1, 0.15) is 5.69 Å². The van der Waals surface area contributed by atoms with Crippen LogP contribution in [0, 0.1) is 6.92 Å². The van der Waals surface area contributed by atoms with E-state index in [1.54, 1.807) is 24.4 Å². The van der Waals surface area contributed by atoms with Gasteiger partial charge in [0.2, 0.25) is 0 Å². The first-order valence-electron chi connectivity index (χ1n) is 4.57. The summed E-state index contributed by atoms with van der Waals surface area (Å²) in [4.78, 5) is 0. The number of anilines is 1. The predicted octanol–water partition coefficient (Wildman–Crippen LogP) is 2.16. The maximum atomic E-state index is 5.61. The van der Waals surface area contributed by atoms with Crippen molar-refractivity contribution >= 4 is 5.69 Å². The van der Waals surface area contributed by atoms with Crippen LogP contribution in [0.3, 0.4) is 0 Å². The Bertz CT molecular complexity index is 454. The molecule has 1 aromatic carbocycles. The molecule has 4 heteroatoms. The summed E-state index contributed by atoms with van der Waals surface area (Å²) in [7, 11) is 0. The second-order valence-electron chi connectivity index (χ2n) is 3.15. The number of hydrogen-bond donors (Lipinski definition) is 1. The van der Waals surface area contributed by atoms with Crippen LogP contribution >= 0.6 is 0 Å². The molecule has 76 valence electrons. The third-order valence-corrected chi connectivity index (χ3v) is 1.96. The molecule has 0 saturated carbocycles. The fraction of sp³-hybridized carbons (Fsp3) is 0.0909. The summed E-state index contributed by atoms with van der Waals surface area (Å²) < 4.78 is 5.61. The van der Waals surface area contributed by atoms with Crippen LogP contribution in [-0.2, 0) is 0 Å². The van der Waals surface area contributed by atoms with E-state index >= 15 is 0 Å². The number of rotatable bonds is 2. The Morgan fingerprint density at radius 1 is 1.13 bits per heavy atom. The summed E-state index contributed by atoms with van der Waals surface area (Å²) in [6.07, 6.45) is 1.60. The Morgan fingerprint density at radius 3 is 2.53 bits per heavy atom. The quantitative estimate of drug-likeness (QED) is 0.756. The zero-order valence-corrected chi connectivity index (χ0v) is 8.34. The van der Waals surface area contributed by atoms with E-state index in [-0.39, 0.29) is 0 Å². The van der Waals surface area contributed by atoms with Crippen LogP contribution in [0.15, 0.2) is 36.5 Å². The fourth-order valence-electron chi connectivity index (χ4n) is 1.16. The molecule has 0 amide bonds. The topological polar surface area (TPSA) is 61.0 Å². The second-order valence-corrected chi connectivity index (χ2v) is 3.15. The number of aromatic nitrogens is 2. The van der Waals surface area contributed by atoms with Crippen molar-refractivity contribution in [3.63, 3.8) is 0 Å². The SMILES string of the molecule is Cc1nnccc1Oc1ccc(N)cc1. The molecular formula is C11H11N3O. The van der Waals surface area contributed by atoms with Crippen LogP contribution in [0.5, 0.6) is 11.5 Å². The molecule has 1 heterocycles. The van der Waals surface area contributed by atoms with Gasteiger partial charge in [-0.05, 0) is 31.2 Å². The molecule has 1 aromatic heterocycles. The van der Waals surface area contributed by atoms with Gasteiger partial charge in [-0.1, -0.05) is 0 Å². The highest BCUT2D eigenvalue weighted by molar-refractivity contribution is 5.43. The number of nitrogen functional groups attached to an aromatic ring is 1. The fourth-order valence-corrected chi connectivity index (χ4v) is 1.16. The van der Waals surface area contributed by atoms with Crippen molar-refractivity contribution < 1.29 is 4.74 Å². The van der Waals surface area contributed by atoms with Gasteiger partial charge < -0.3 is 10.5 Å². The monoisotopic (exact) mass is 201 g/mol. The van der Waals surface area contributed by atoms with Crippen molar-refractivity contribution in [2.24, 2.45) is 0 Å². The minimum atomic E-state index is 0.703. The van der Waals surface area contributed by atoms with E-state index in [0.717, 1.165) is 11.4 Å². The van der Waals surface area contributed by atoms with E-state index in [4.69, 9.17) is 10.5 Å². The Hall–Kier alpha value is -2.10. The van der Waals surface area contributed by atoms with E-state index in [9.17, 15) is 0 Å². The van der Waals surface area contributed by atoms with Crippen molar-refractivity contribution in [2.75, 3.05) is 5.73 Å². The van der Waals surface area contributed by atoms with Crippen molar-refractivity contribution in [2.45, 2.75) is 6.92 Å². The highest BCUT2D eigenvalue weighted by Gasteiger charge is 2.01. The number of nitrogens with two attached hydrogens (primary N) is 1. The molecule has 0 fully saturated rings. The van der Waals surface area contributed by atoms with E-state index in [1.165, 1.54) is 0 Å². The number of hydrogen-bond acceptors (Lipinski definition) is 4. The van der Waals surface area contributed by atoms with E-state index < -0.39 is 0 Å². The Morgan fingerprint density at radius 2 is 1.87 bits per heavy atom. The maximum absolute atomic E-state index is 5.61. The minimum Gasteiger partial charge on any atom is -0.455 e. The molecule has 0 aliphatic heterocycles. The Labute approximate surface area is 87.7 Å². The Balaban J connectivity index is 2.22. The molecule has 0 aliphatic rings. The molecule has 0 spiro atoms. The largest absolute Gasteiger partial charge is 0.455 e. The van der Waals surface area contributed by atoms with Crippen molar-refractivity contribution in [1.82, 2.24) is 10.2 Å². The molecule has 15 heavy (non-hydrogen) atoms. The first kappa shape index (κ1) is 9.45. The first-order valence-corrected chi connectivity index (χ1v) is 4.57. The van der Waals surface area contributed by atoms with E-state index in [0.29, 0.717) is 11.4 Å². The van der Waals surface area contributed by atoms with Gasteiger partial charge in [0.1, 0.15) is 11.4 Å². The van der Waals surface area contributed by atoms with Crippen LogP contribution in [0.25, 0.3) is 0 Å². The molecule has 2 rings (SSSR count). The molecule has 2 N–H and O–H groups in total. The zero-order valence-electron chi connectivity index (χ0n) is 8.34. The second kappa shape index (κ2) is 3.96. The summed E-state index contributed by atoms with van der Waals surface area (Å²) in [6.45, 7) is 1.85. The van der Waals surface area contributed by atoms with Gasteiger partial charge in [0.25, 0.3) is 0 Å². The van der Waals surface area contributed by atoms with Gasteiger partial charge in [0.05, 0.1) is 6.20 Å². The lowest BCUT2D eigenvalue weighted by Gasteiger charge is -2.06. The third kappa shape index (κ3) is 2.22. The number of benzene rings is 1. The highest BCUT2D eigenvalue weighted by Crippen LogP contribution is 2.23. The zero-order chi connectivity index (χ0) is 10.7. The van der Waals surface area contributed by atoms with Gasteiger partial charge in [0.15, 0.2) is 5.75 Å². The molecule has 0 aliphatic carbocycles. The van der Waals surface area contributed by atoms with Gasteiger partial charge in [-0.2, -0.15) is 10.2 Å². The number of ether oxygens (including phenoxy) is 1. The molecule has 0 unspecified atom stereocenters. The predicted molar refractivity (Wildman–Crippen MR) is 57.7 cm³/mol. The summed E-state index contributed by atoms with van der Waals surface area (Å²) in [6, 6.07) is 8.99. The maximum Gasteiger partial charge on any atom is 0.152 e. The van der Waals surface area contributed by atoms with Gasteiger partial charge in [-0.25, -0.2) is 0 Å².